The van der Waals surface area contributed by atoms with Crippen LogP contribution in [0.3, 0.4) is 0 Å². The number of sulfonamides is 1. The van der Waals surface area contributed by atoms with E-state index in [0.717, 1.165) is 22.9 Å². The number of aryl methyl sites for hydroxylation is 4. The molecule has 9 nitrogen and oxygen atoms in total. The summed E-state index contributed by atoms with van der Waals surface area (Å²) in [5.74, 6) is -1.37. The molecule has 0 spiro atoms. The highest BCUT2D eigenvalue weighted by Gasteiger charge is 2.22. The van der Waals surface area contributed by atoms with E-state index in [2.05, 4.69) is 15.1 Å². The van der Waals surface area contributed by atoms with E-state index in [1.807, 2.05) is 32.9 Å². The normalized spacial score (nSPS) is 12.5. The number of amides is 1. The van der Waals surface area contributed by atoms with Gasteiger partial charge in [0.25, 0.3) is 5.91 Å². The van der Waals surface area contributed by atoms with Gasteiger partial charge in [0, 0.05) is 18.9 Å². The minimum absolute atomic E-state index is 0.0705. The smallest absolute Gasteiger partial charge is 0.321 e. The third-order valence-corrected chi connectivity index (χ3v) is 5.36. The summed E-state index contributed by atoms with van der Waals surface area (Å²) in [4.78, 5) is 24.2. The van der Waals surface area contributed by atoms with Gasteiger partial charge in [0.05, 0.1) is 6.20 Å². The fourth-order valence-electron chi connectivity index (χ4n) is 2.67. The van der Waals surface area contributed by atoms with Gasteiger partial charge >= 0.3 is 5.97 Å². The summed E-state index contributed by atoms with van der Waals surface area (Å²) in [6.45, 7) is 6.53. The van der Waals surface area contributed by atoms with Crippen LogP contribution in [0, 0.1) is 20.8 Å². The van der Waals surface area contributed by atoms with Crippen LogP contribution in [0.2, 0.25) is 0 Å². The van der Waals surface area contributed by atoms with Gasteiger partial charge in [-0.1, -0.05) is 17.7 Å². The number of nitrogens with zero attached hydrogens (tertiary/aromatic N) is 2. The van der Waals surface area contributed by atoms with Crippen molar-refractivity contribution in [3.05, 3.63) is 41.2 Å². The van der Waals surface area contributed by atoms with E-state index in [4.69, 9.17) is 4.74 Å². The maximum atomic E-state index is 12.3. The van der Waals surface area contributed by atoms with Crippen LogP contribution < -0.4 is 10.0 Å². The summed E-state index contributed by atoms with van der Waals surface area (Å²) in [6.07, 6.45) is 1.38. The standard InChI is InChI=1S/C18H24N4O5S/c1-11-6-12(2)17(13(3)7-11)21-18(24)14(4)27-16(23)9-20-28(25,26)15-8-19-22(5)10-15/h6-8,10,14,20H,9H2,1-5H3,(H,21,24). The van der Waals surface area contributed by atoms with Crippen LogP contribution in [0.4, 0.5) is 5.69 Å². The van der Waals surface area contributed by atoms with Crippen LogP contribution in [0.5, 0.6) is 0 Å². The molecule has 0 saturated carbocycles. The fourth-order valence-corrected chi connectivity index (χ4v) is 3.62. The van der Waals surface area contributed by atoms with Crippen molar-refractivity contribution in [3.8, 4) is 0 Å². The molecule has 0 aliphatic rings. The van der Waals surface area contributed by atoms with Gasteiger partial charge in [-0.15, -0.1) is 0 Å². The average Bonchev–Trinajstić information content (AvgIpc) is 3.03. The maximum Gasteiger partial charge on any atom is 0.321 e. The van der Waals surface area contributed by atoms with Crippen LogP contribution in [-0.2, 0) is 31.4 Å². The van der Waals surface area contributed by atoms with Crippen molar-refractivity contribution in [3.63, 3.8) is 0 Å². The zero-order valence-corrected chi connectivity index (χ0v) is 17.3. The lowest BCUT2D eigenvalue weighted by Gasteiger charge is -2.17. The van der Waals surface area contributed by atoms with Gasteiger partial charge in [-0.2, -0.15) is 9.82 Å². The number of hydrogen-bond donors (Lipinski definition) is 2. The number of esters is 1. The van der Waals surface area contributed by atoms with Crippen LogP contribution in [0.15, 0.2) is 29.4 Å². The Morgan fingerprint density at radius 2 is 1.82 bits per heavy atom. The highest BCUT2D eigenvalue weighted by molar-refractivity contribution is 7.89. The van der Waals surface area contributed by atoms with Crippen molar-refractivity contribution in [2.45, 2.75) is 38.7 Å². The van der Waals surface area contributed by atoms with Gasteiger partial charge in [0.15, 0.2) is 6.10 Å². The second-order valence-electron chi connectivity index (χ2n) is 6.57. The first-order chi connectivity index (χ1) is 13.0. The molecular weight excluding hydrogens is 384 g/mol. The molecule has 28 heavy (non-hydrogen) atoms. The molecule has 0 aliphatic heterocycles. The highest BCUT2D eigenvalue weighted by atomic mass is 32.2. The minimum Gasteiger partial charge on any atom is -0.452 e. The Bertz CT molecular complexity index is 974. The fraction of sp³-hybridized carbons (Fsp3) is 0.389. The third-order valence-electron chi connectivity index (χ3n) is 4.00. The van der Waals surface area contributed by atoms with Gasteiger partial charge in [-0.05, 0) is 38.8 Å². The molecule has 0 bridgehead atoms. The van der Waals surface area contributed by atoms with E-state index in [1.165, 1.54) is 17.8 Å². The molecule has 0 saturated heterocycles. The van der Waals surface area contributed by atoms with Crippen LogP contribution in [-0.4, -0.2) is 42.7 Å². The Morgan fingerprint density at radius 3 is 2.36 bits per heavy atom. The Balaban J connectivity index is 1.92. The SMILES string of the molecule is Cc1cc(C)c(NC(=O)C(C)OC(=O)CNS(=O)(=O)c2cnn(C)c2)c(C)c1. The Labute approximate surface area is 164 Å². The second kappa shape index (κ2) is 8.53. The Kier molecular flexibility index (Phi) is 6.57. The molecule has 1 amide bonds. The largest absolute Gasteiger partial charge is 0.452 e. The van der Waals surface area contributed by atoms with Gasteiger partial charge in [0.2, 0.25) is 10.0 Å². The number of hydrogen-bond acceptors (Lipinski definition) is 6. The average molecular weight is 408 g/mol. The van der Waals surface area contributed by atoms with Crippen molar-refractivity contribution < 1.29 is 22.7 Å². The number of ether oxygens (including phenoxy) is 1. The van der Waals surface area contributed by atoms with Gasteiger partial charge in [-0.25, -0.2) is 8.42 Å². The highest BCUT2D eigenvalue weighted by Crippen LogP contribution is 2.22. The van der Waals surface area contributed by atoms with Crippen LogP contribution in [0.1, 0.15) is 23.6 Å². The van der Waals surface area contributed by atoms with E-state index in [1.54, 1.807) is 7.05 Å². The molecule has 1 heterocycles. The summed E-state index contributed by atoms with van der Waals surface area (Å²) in [5.41, 5.74) is 3.53. The predicted octanol–water partition coefficient (Wildman–Crippen LogP) is 1.19. The van der Waals surface area contributed by atoms with Crippen molar-refractivity contribution in [2.75, 3.05) is 11.9 Å². The Morgan fingerprint density at radius 1 is 1.21 bits per heavy atom. The molecule has 10 heteroatoms. The molecule has 0 aliphatic carbocycles. The molecule has 2 rings (SSSR count). The second-order valence-corrected chi connectivity index (χ2v) is 8.34. The van der Waals surface area contributed by atoms with Crippen LogP contribution >= 0.6 is 0 Å². The summed E-state index contributed by atoms with van der Waals surface area (Å²) >= 11 is 0. The van der Waals surface area contributed by atoms with Crippen molar-refractivity contribution in [2.24, 2.45) is 7.05 Å². The molecular formula is C18H24N4O5S. The lowest BCUT2D eigenvalue weighted by atomic mass is 10.0. The van der Waals surface area contributed by atoms with Crippen LogP contribution in [0.25, 0.3) is 0 Å². The lowest BCUT2D eigenvalue weighted by molar-refractivity contribution is -0.151. The topological polar surface area (TPSA) is 119 Å². The van der Waals surface area contributed by atoms with Crippen molar-refractivity contribution in [1.82, 2.24) is 14.5 Å². The van der Waals surface area contributed by atoms with E-state index in [-0.39, 0.29) is 4.90 Å². The molecule has 1 aromatic carbocycles. The van der Waals surface area contributed by atoms with E-state index < -0.39 is 34.5 Å². The molecule has 2 N–H and O–H groups in total. The number of rotatable bonds is 7. The van der Waals surface area contributed by atoms with Gasteiger partial charge in [-0.3, -0.25) is 14.3 Å². The zero-order chi connectivity index (χ0) is 21.1. The van der Waals surface area contributed by atoms with Crippen molar-refractivity contribution >= 4 is 27.6 Å². The van der Waals surface area contributed by atoms with Crippen molar-refractivity contribution in [1.29, 1.82) is 0 Å². The summed E-state index contributed by atoms with van der Waals surface area (Å²) in [5, 5.41) is 6.52. The zero-order valence-electron chi connectivity index (χ0n) is 16.4. The molecule has 0 radical (unpaired) electrons. The predicted molar refractivity (Wildman–Crippen MR) is 103 cm³/mol. The summed E-state index contributed by atoms with van der Waals surface area (Å²) < 4.78 is 32.6. The van der Waals surface area contributed by atoms with Gasteiger partial charge < -0.3 is 10.1 Å². The minimum atomic E-state index is -3.89. The summed E-state index contributed by atoms with van der Waals surface area (Å²) in [7, 11) is -2.31. The first kappa shape index (κ1) is 21.6. The molecule has 1 aromatic heterocycles. The molecule has 0 fully saturated rings. The Hall–Kier alpha value is -2.72. The number of aromatic nitrogens is 2. The number of benzene rings is 1. The first-order valence-electron chi connectivity index (χ1n) is 8.56. The van der Waals surface area contributed by atoms with E-state index in [9.17, 15) is 18.0 Å². The third kappa shape index (κ3) is 5.40. The maximum absolute atomic E-state index is 12.3. The number of carbonyl (C=O) groups is 2. The first-order valence-corrected chi connectivity index (χ1v) is 10.0. The number of anilines is 1. The van der Waals surface area contributed by atoms with E-state index in [0.29, 0.717) is 5.69 Å². The quantitative estimate of drug-likeness (QED) is 0.664. The van der Waals surface area contributed by atoms with Gasteiger partial charge in [0.1, 0.15) is 11.4 Å². The van der Waals surface area contributed by atoms with E-state index >= 15 is 0 Å². The molecule has 152 valence electrons. The molecule has 1 atom stereocenters. The number of nitrogens with one attached hydrogen (secondary N) is 2. The molecule has 2 aromatic rings. The lowest BCUT2D eigenvalue weighted by Crippen LogP contribution is -2.36. The number of carbonyl (C=O) groups excluding carboxylic acids is 2. The monoisotopic (exact) mass is 408 g/mol. The molecule has 1 unspecified atom stereocenters. The summed E-state index contributed by atoms with van der Waals surface area (Å²) in [6, 6.07) is 3.87.